The number of rotatable bonds is 7. The van der Waals surface area contributed by atoms with Gasteiger partial charge in [0.2, 0.25) is 0 Å². The molecule has 0 atom stereocenters. The minimum atomic E-state index is -0.511. The summed E-state index contributed by atoms with van der Waals surface area (Å²) in [6.45, 7) is 3.66. The Morgan fingerprint density at radius 3 is 3.05 bits per heavy atom. The van der Waals surface area contributed by atoms with Gasteiger partial charge in [-0.3, -0.25) is 9.78 Å². The summed E-state index contributed by atoms with van der Waals surface area (Å²) < 4.78 is 5.82. The second-order valence-corrected chi connectivity index (χ2v) is 4.89. The fourth-order valence-electron chi connectivity index (χ4n) is 2.19. The number of nitrogens with two attached hydrogens (primary N) is 1. The Balaban J connectivity index is 1.63. The maximum absolute atomic E-state index is 11.0. The summed E-state index contributed by atoms with van der Waals surface area (Å²) in [7, 11) is 0. The maximum Gasteiger partial charge on any atom is 0.267 e. The van der Waals surface area contributed by atoms with Crippen LogP contribution in [0.2, 0.25) is 0 Å². The molecule has 20 heavy (non-hydrogen) atoms. The molecule has 1 amide bonds. The van der Waals surface area contributed by atoms with Gasteiger partial charge in [0.05, 0.1) is 6.10 Å². The second-order valence-electron chi connectivity index (χ2n) is 4.89. The van der Waals surface area contributed by atoms with Crippen LogP contribution in [0.15, 0.2) is 18.3 Å². The van der Waals surface area contributed by atoms with Crippen LogP contribution in [0.5, 0.6) is 0 Å². The summed E-state index contributed by atoms with van der Waals surface area (Å²) in [6.07, 6.45) is 5.10. The van der Waals surface area contributed by atoms with E-state index in [2.05, 4.69) is 15.6 Å². The van der Waals surface area contributed by atoms with Crippen LogP contribution in [0, 0.1) is 0 Å². The Morgan fingerprint density at radius 1 is 1.50 bits per heavy atom. The van der Waals surface area contributed by atoms with Crippen LogP contribution in [-0.2, 0) is 4.74 Å². The number of pyridine rings is 1. The van der Waals surface area contributed by atoms with Gasteiger partial charge in [0, 0.05) is 25.0 Å². The number of carbonyl (C=O) groups is 1. The Bertz CT molecular complexity index is 433. The van der Waals surface area contributed by atoms with E-state index in [4.69, 9.17) is 10.5 Å². The molecule has 110 valence electrons. The van der Waals surface area contributed by atoms with Gasteiger partial charge in [0.25, 0.3) is 5.91 Å². The van der Waals surface area contributed by atoms with Crippen molar-refractivity contribution in [1.29, 1.82) is 0 Å². The Hall–Kier alpha value is -1.66. The third-order valence-corrected chi connectivity index (χ3v) is 3.30. The van der Waals surface area contributed by atoms with Crippen molar-refractivity contribution in [2.75, 3.05) is 31.6 Å². The molecule has 0 bridgehead atoms. The van der Waals surface area contributed by atoms with Crippen molar-refractivity contribution in [3.05, 3.63) is 24.0 Å². The van der Waals surface area contributed by atoms with Crippen molar-refractivity contribution in [2.45, 2.75) is 25.4 Å². The fourth-order valence-corrected chi connectivity index (χ4v) is 2.19. The van der Waals surface area contributed by atoms with E-state index in [0.717, 1.165) is 51.2 Å². The molecule has 6 nitrogen and oxygen atoms in total. The highest BCUT2D eigenvalue weighted by atomic mass is 16.5. The summed E-state index contributed by atoms with van der Waals surface area (Å²) in [5.74, 6) is -0.511. The maximum atomic E-state index is 11.0. The molecule has 0 spiro atoms. The number of hydrogen-bond donors (Lipinski definition) is 3. The first kappa shape index (κ1) is 14.7. The minimum absolute atomic E-state index is 0.279. The molecule has 2 heterocycles. The number of nitrogens with zero attached hydrogens (tertiary/aromatic N) is 1. The smallest absolute Gasteiger partial charge is 0.267 e. The minimum Gasteiger partial charge on any atom is -0.385 e. The molecule has 0 aliphatic carbocycles. The van der Waals surface area contributed by atoms with Crippen molar-refractivity contribution in [2.24, 2.45) is 5.73 Å². The molecule has 0 unspecified atom stereocenters. The van der Waals surface area contributed by atoms with Crippen molar-refractivity contribution < 1.29 is 9.53 Å². The number of nitrogens with one attached hydrogen (secondary N) is 2. The monoisotopic (exact) mass is 278 g/mol. The predicted octanol–water partition coefficient (Wildman–Crippen LogP) is 0.751. The number of anilines is 1. The van der Waals surface area contributed by atoms with Crippen LogP contribution in [0.1, 0.15) is 29.8 Å². The van der Waals surface area contributed by atoms with E-state index in [-0.39, 0.29) is 5.69 Å². The molecule has 0 radical (unpaired) electrons. The zero-order valence-electron chi connectivity index (χ0n) is 11.6. The summed E-state index contributed by atoms with van der Waals surface area (Å²) in [4.78, 5) is 14.9. The molecule has 1 aliphatic heterocycles. The van der Waals surface area contributed by atoms with E-state index in [1.165, 1.54) is 0 Å². The Morgan fingerprint density at radius 2 is 2.30 bits per heavy atom. The zero-order valence-corrected chi connectivity index (χ0v) is 11.6. The number of carbonyl (C=O) groups excluding carboxylic acids is 1. The number of aromatic nitrogens is 1. The molecule has 0 saturated carbocycles. The lowest BCUT2D eigenvalue weighted by atomic mass is 10.1. The van der Waals surface area contributed by atoms with Gasteiger partial charge in [-0.1, -0.05) is 0 Å². The highest BCUT2D eigenvalue weighted by molar-refractivity contribution is 5.91. The Kier molecular flexibility index (Phi) is 5.76. The molecule has 0 aromatic carbocycles. The summed E-state index contributed by atoms with van der Waals surface area (Å²) in [6, 6.07) is 3.48. The largest absolute Gasteiger partial charge is 0.385 e. The number of piperidine rings is 1. The average molecular weight is 278 g/mol. The number of primary amides is 1. The van der Waals surface area contributed by atoms with Crippen LogP contribution >= 0.6 is 0 Å². The van der Waals surface area contributed by atoms with Crippen LogP contribution in [0.3, 0.4) is 0 Å². The number of amides is 1. The first-order valence-electron chi connectivity index (χ1n) is 7.08. The first-order chi connectivity index (χ1) is 9.75. The van der Waals surface area contributed by atoms with Gasteiger partial charge in [-0.15, -0.1) is 0 Å². The standard InChI is InChI=1S/C14H22N4O2/c15-14(19)13-10-11(2-8-18-13)17-5-1-9-20-12-3-6-16-7-4-12/h2,8,10,12,16H,1,3-7,9H2,(H2,15,19)(H,17,18). The van der Waals surface area contributed by atoms with Gasteiger partial charge in [0.1, 0.15) is 5.69 Å². The molecular formula is C14H22N4O2. The van der Waals surface area contributed by atoms with E-state index in [1.54, 1.807) is 12.3 Å². The molecule has 2 rings (SSSR count). The quantitative estimate of drug-likeness (QED) is 0.640. The van der Waals surface area contributed by atoms with Gasteiger partial charge in [-0.05, 0) is 44.5 Å². The first-order valence-corrected chi connectivity index (χ1v) is 7.08. The third kappa shape index (κ3) is 4.79. The van der Waals surface area contributed by atoms with Gasteiger partial charge in [-0.25, -0.2) is 0 Å². The molecule has 1 aromatic rings. The summed E-state index contributed by atoms with van der Waals surface area (Å²) in [5, 5.41) is 6.55. The van der Waals surface area contributed by atoms with Gasteiger partial charge in [0.15, 0.2) is 0 Å². The predicted molar refractivity (Wildman–Crippen MR) is 77.7 cm³/mol. The normalized spacial score (nSPS) is 16.0. The molecule has 1 fully saturated rings. The van der Waals surface area contributed by atoms with Crippen molar-refractivity contribution >= 4 is 11.6 Å². The Labute approximate surface area is 119 Å². The van der Waals surface area contributed by atoms with Crippen LogP contribution in [-0.4, -0.2) is 43.2 Å². The summed E-state index contributed by atoms with van der Waals surface area (Å²) >= 11 is 0. The van der Waals surface area contributed by atoms with Crippen LogP contribution in [0.4, 0.5) is 5.69 Å². The lowest BCUT2D eigenvalue weighted by molar-refractivity contribution is 0.0329. The van der Waals surface area contributed by atoms with E-state index in [0.29, 0.717) is 6.10 Å². The van der Waals surface area contributed by atoms with Crippen LogP contribution in [0.25, 0.3) is 0 Å². The lowest BCUT2D eigenvalue weighted by Crippen LogP contribution is -2.32. The average Bonchev–Trinajstić information content (AvgIpc) is 2.48. The summed E-state index contributed by atoms with van der Waals surface area (Å²) in [5.41, 5.74) is 6.32. The SMILES string of the molecule is NC(=O)c1cc(NCCCOC2CCNCC2)ccn1. The van der Waals surface area contributed by atoms with E-state index < -0.39 is 5.91 Å². The molecule has 1 aliphatic rings. The van der Waals surface area contributed by atoms with E-state index >= 15 is 0 Å². The molecule has 4 N–H and O–H groups in total. The molecular weight excluding hydrogens is 256 g/mol. The topological polar surface area (TPSA) is 89.3 Å². The second kappa shape index (κ2) is 7.81. The molecule has 6 heteroatoms. The number of ether oxygens (including phenoxy) is 1. The van der Waals surface area contributed by atoms with Crippen molar-refractivity contribution in [3.8, 4) is 0 Å². The lowest BCUT2D eigenvalue weighted by Gasteiger charge is -2.22. The number of hydrogen-bond acceptors (Lipinski definition) is 5. The van der Waals surface area contributed by atoms with Gasteiger partial charge < -0.3 is 21.1 Å². The highest BCUT2D eigenvalue weighted by Crippen LogP contribution is 2.09. The van der Waals surface area contributed by atoms with E-state index in [1.807, 2.05) is 6.07 Å². The third-order valence-electron chi connectivity index (χ3n) is 3.30. The molecule has 1 aromatic heterocycles. The van der Waals surface area contributed by atoms with Crippen LogP contribution < -0.4 is 16.4 Å². The van der Waals surface area contributed by atoms with E-state index in [9.17, 15) is 4.79 Å². The molecule has 1 saturated heterocycles. The van der Waals surface area contributed by atoms with Gasteiger partial charge in [-0.2, -0.15) is 0 Å². The fraction of sp³-hybridized carbons (Fsp3) is 0.571. The van der Waals surface area contributed by atoms with Gasteiger partial charge >= 0.3 is 0 Å². The highest BCUT2D eigenvalue weighted by Gasteiger charge is 2.12. The van der Waals surface area contributed by atoms with Crippen molar-refractivity contribution in [3.63, 3.8) is 0 Å². The van der Waals surface area contributed by atoms with Crippen molar-refractivity contribution in [1.82, 2.24) is 10.3 Å². The zero-order chi connectivity index (χ0) is 14.2.